The van der Waals surface area contributed by atoms with Gasteiger partial charge in [-0.3, -0.25) is 9.59 Å². The van der Waals surface area contributed by atoms with Crippen molar-refractivity contribution in [2.75, 3.05) is 10.6 Å². The van der Waals surface area contributed by atoms with E-state index in [-0.39, 0.29) is 22.6 Å². The summed E-state index contributed by atoms with van der Waals surface area (Å²) in [5.74, 6) is -0.510. The number of thiophene rings is 1. The van der Waals surface area contributed by atoms with E-state index in [1.165, 1.54) is 6.26 Å². The number of aryl methyl sites for hydroxylation is 1. The van der Waals surface area contributed by atoms with Crippen LogP contribution in [0.5, 0.6) is 0 Å². The number of nitrogens with one attached hydrogen (secondary N) is 2. The minimum atomic E-state index is -0.379. The molecule has 2 amide bonds. The van der Waals surface area contributed by atoms with Crippen LogP contribution in [0, 0.1) is 6.92 Å². The van der Waals surface area contributed by atoms with Crippen LogP contribution in [-0.4, -0.2) is 11.8 Å². The highest BCUT2D eigenvalue weighted by molar-refractivity contribution is 7.18. The van der Waals surface area contributed by atoms with Crippen molar-refractivity contribution < 1.29 is 14.0 Å². The molecule has 0 fully saturated rings. The number of carbonyl (C=O) groups excluding carboxylic acids is 2. The average Bonchev–Trinajstić information content (AvgIpc) is 3.21. The van der Waals surface area contributed by atoms with E-state index in [4.69, 9.17) is 27.6 Å². The highest BCUT2D eigenvalue weighted by Gasteiger charge is 2.17. The fourth-order valence-electron chi connectivity index (χ4n) is 2.13. The van der Waals surface area contributed by atoms with Crippen molar-refractivity contribution >= 4 is 57.0 Å². The first-order valence-corrected chi connectivity index (χ1v) is 8.73. The molecule has 0 aliphatic heterocycles. The number of rotatable bonds is 4. The summed E-state index contributed by atoms with van der Waals surface area (Å²) in [6, 6.07) is 9.90. The lowest BCUT2D eigenvalue weighted by molar-refractivity contribution is 0.0995. The predicted molar refractivity (Wildman–Crippen MR) is 100 cm³/mol. The minimum absolute atomic E-state index is 0.197. The Balaban J connectivity index is 1.76. The molecular formula is C17H12Cl2N2O3S. The van der Waals surface area contributed by atoms with E-state index in [0.717, 1.165) is 16.9 Å². The summed E-state index contributed by atoms with van der Waals surface area (Å²) in [6.45, 7) is 1.79. The van der Waals surface area contributed by atoms with Gasteiger partial charge in [-0.1, -0.05) is 29.3 Å². The van der Waals surface area contributed by atoms with Gasteiger partial charge >= 0.3 is 0 Å². The van der Waals surface area contributed by atoms with Crippen molar-refractivity contribution in [3.63, 3.8) is 0 Å². The topological polar surface area (TPSA) is 71.3 Å². The van der Waals surface area contributed by atoms with Crippen molar-refractivity contribution in [1.29, 1.82) is 0 Å². The minimum Gasteiger partial charge on any atom is -0.459 e. The lowest BCUT2D eigenvalue weighted by atomic mass is 10.2. The third-order valence-electron chi connectivity index (χ3n) is 3.31. The molecule has 0 radical (unpaired) electrons. The van der Waals surface area contributed by atoms with E-state index < -0.39 is 0 Å². The highest BCUT2D eigenvalue weighted by atomic mass is 35.5. The number of hydrogen-bond acceptors (Lipinski definition) is 4. The molecule has 25 heavy (non-hydrogen) atoms. The predicted octanol–water partition coefficient (Wildman–Crippen LogP) is 5.46. The number of carbonyl (C=O) groups is 2. The molecule has 0 bridgehead atoms. The Kier molecular flexibility index (Phi) is 5.13. The van der Waals surface area contributed by atoms with Crippen LogP contribution in [0.1, 0.15) is 25.8 Å². The molecule has 0 atom stereocenters. The third kappa shape index (κ3) is 3.87. The maximum absolute atomic E-state index is 12.5. The van der Waals surface area contributed by atoms with Gasteiger partial charge in [0.15, 0.2) is 5.76 Å². The lowest BCUT2D eigenvalue weighted by Crippen LogP contribution is -2.11. The molecular weight excluding hydrogens is 383 g/mol. The van der Waals surface area contributed by atoms with Crippen molar-refractivity contribution in [2.45, 2.75) is 6.92 Å². The average molecular weight is 395 g/mol. The fraction of sp³-hybridized carbons (Fsp3) is 0.0588. The Morgan fingerprint density at radius 1 is 1.08 bits per heavy atom. The number of furan rings is 1. The summed E-state index contributed by atoms with van der Waals surface area (Å²) in [4.78, 5) is 25.0. The highest BCUT2D eigenvalue weighted by Crippen LogP contribution is 2.32. The van der Waals surface area contributed by atoms with Crippen LogP contribution in [0.3, 0.4) is 0 Å². The number of amides is 2. The first kappa shape index (κ1) is 17.5. The van der Waals surface area contributed by atoms with E-state index in [0.29, 0.717) is 20.6 Å². The van der Waals surface area contributed by atoms with E-state index in [9.17, 15) is 9.59 Å². The van der Waals surface area contributed by atoms with E-state index in [1.54, 1.807) is 43.3 Å². The van der Waals surface area contributed by atoms with E-state index >= 15 is 0 Å². The van der Waals surface area contributed by atoms with Crippen LogP contribution in [0.4, 0.5) is 10.7 Å². The fourth-order valence-corrected chi connectivity index (χ4v) is 3.44. The second-order valence-corrected chi connectivity index (χ2v) is 6.95. The van der Waals surface area contributed by atoms with Gasteiger partial charge in [-0.05, 0) is 42.8 Å². The second kappa shape index (κ2) is 7.31. The molecule has 3 rings (SSSR count). The molecule has 0 saturated heterocycles. The zero-order chi connectivity index (χ0) is 18.0. The summed E-state index contributed by atoms with van der Waals surface area (Å²) in [5, 5.41) is 6.60. The molecule has 3 aromatic rings. The molecule has 0 unspecified atom stereocenters. The zero-order valence-corrected chi connectivity index (χ0v) is 15.3. The molecule has 2 N–H and O–H groups in total. The Hall–Kier alpha value is -2.28. The summed E-state index contributed by atoms with van der Waals surface area (Å²) < 4.78 is 5.04. The number of anilines is 2. The first-order chi connectivity index (χ1) is 12.0. The lowest BCUT2D eigenvalue weighted by Gasteiger charge is -2.07. The molecule has 0 saturated carbocycles. The van der Waals surface area contributed by atoms with Crippen LogP contribution in [0.15, 0.2) is 47.1 Å². The molecule has 2 heterocycles. The summed E-state index contributed by atoms with van der Waals surface area (Å²) >= 11 is 13.2. The third-order valence-corrected chi connectivity index (χ3v) is 5.28. The van der Waals surface area contributed by atoms with Gasteiger partial charge in [-0.2, -0.15) is 0 Å². The van der Waals surface area contributed by atoms with Gasteiger partial charge < -0.3 is 15.1 Å². The smallest absolute Gasteiger partial charge is 0.291 e. The maximum atomic E-state index is 12.5. The van der Waals surface area contributed by atoms with Crippen LogP contribution in [0.25, 0.3) is 0 Å². The van der Waals surface area contributed by atoms with Gasteiger partial charge in [0.25, 0.3) is 11.8 Å². The zero-order valence-electron chi connectivity index (χ0n) is 12.9. The van der Waals surface area contributed by atoms with E-state index in [1.807, 2.05) is 0 Å². The van der Waals surface area contributed by atoms with Gasteiger partial charge in [0, 0.05) is 0 Å². The second-order valence-electron chi connectivity index (χ2n) is 5.11. The molecule has 8 heteroatoms. The van der Waals surface area contributed by atoms with Crippen molar-refractivity contribution in [3.8, 4) is 0 Å². The molecule has 5 nitrogen and oxygen atoms in total. The Bertz CT molecular complexity index is 936. The van der Waals surface area contributed by atoms with Crippen molar-refractivity contribution in [3.05, 3.63) is 68.9 Å². The van der Waals surface area contributed by atoms with Crippen molar-refractivity contribution in [2.24, 2.45) is 0 Å². The quantitative estimate of drug-likeness (QED) is 0.616. The monoisotopic (exact) mass is 394 g/mol. The number of benzene rings is 1. The van der Waals surface area contributed by atoms with E-state index in [2.05, 4.69) is 10.6 Å². The molecule has 0 aliphatic carbocycles. The largest absolute Gasteiger partial charge is 0.459 e. The normalized spacial score (nSPS) is 10.5. The van der Waals surface area contributed by atoms with Gasteiger partial charge in [-0.25, -0.2) is 0 Å². The first-order valence-electron chi connectivity index (χ1n) is 7.16. The summed E-state index contributed by atoms with van der Waals surface area (Å²) in [6.07, 6.45) is 1.42. The Morgan fingerprint density at radius 2 is 1.88 bits per heavy atom. The van der Waals surface area contributed by atoms with Gasteiger partial charge in [0.05, 0.1) is 31.9 Å². The summed E-state index contributed by atoms with van der Waals surface area (Å²) in [7, 11) is 0. The van der Waals surface area contributed by atoms with Crippen molar-refractivity contribution in [1.82, 2.24) is 0 Å². The molecule has 2 aromatic heterocycles. The van der Waals surface area contributed by atoms with Crippen LogP contribution in [-0.2, 0) is 0 Å². The number of hydrogen-bond donors (Lipinski definition) is 2. The van der Waals surface area contributed by atoms with Gasteiger partial charge in [0.2, 0.25) is 0 Å². The maximum Gasteiger partial charge on any atom is 0.291 e. The Morgan fingerprint density at radius 3 is 2.60 bits per heavy atom. The molecule has 128 valence electrons. The van der Waals surface area contributed by atoms with Crippen LogP contribution in [0.2, 0.25) is 10.0 Å². The molecule has 0 spiro atoms. The van der Waals surface area contributed by atoms with Crippen LogP contribution < -0.4 is 10.6 Å². The van der Waals surface area contributed by atoms with Gasteiger partial charge in [0.1, 0.15) is 0 Å². The van der Waals surface area contributed by atoms with Gasteiger partial charge in [-0.15, -0.1) is 11.3 Å². The summed E-state index contributed by atoms with van der Waals surface area (Å²) in [5.41, 5.74) is 1.16. The standard InChI is InChI=1S/C17H12Cl2N2O3S/c1-9-8-13(21-16(22)12-6-3-7-24-12)25-15(9)17(23)20-11-5-2-4-10(18)14(11)19/h2-8H,1H3,(H,20,23)(H,21,22). The SMILES string of the molecule is Cc1cc(NC(=O)c2ccco2)sc1C(=O)Nc1cccc(Cl)c1Cl. The molecule has 0 aliphatic rings. The Labute approximate surface area is 157 Å². The number of halogens is 2. The molecule has 1 aromatic carbocycles. The van der Waals surface area contributed by atoms with Crippen LogP contribution >= 0.6 is 34.5 Å².